The van der Waals surface area contributed by atoms with Gasteiger partial charge in [-0.2, -0.15) is 0 Å². The fourth-order valence-corrected chi connectivity index (χ4v) is 4.59. The summed E-state index contributed by atoms with van der Waals surface area (Å²) >= 11 is 0. The van der Waals surface area contributed by atoms with Crippen molar-refractivity contribution in [3.05, 3.63) is 0 Å². The smallest absolute Gasteiger partial charge is 0.213 e. The van der Waals surface area contributed by atoms with Crippen LogP contribution in [0.3, 0.4) is 0 Å². The van der Waals surface area contributed by atoms with E-state index in [0.29, 0.717) is 19.0 Å². The number of nitrogens with one attached hydrogen (secondary N) is 3. The Morgan fingerprint density at radius 3 is 2.62 bits per heavy atom. The summed E-state index contributed by atoms with van der Waals surface area (Å²) in [6, 6.07) is 0. The van der Waals surface area contributed by atoms with Crippen LogP contribution in [0.1, 0.15) is 51.9 Å². The highest BCUT2D eigenvalue weighted by atomic mass is 127. The van der Waals surface area contributed by atoms with Gasteiger partial charge in [0.15, 0.2) is 5.96 Å². The van der Waals surface area contributed by atoms with Gasteiger partial charge in [-0.15, -0.1) is 24.0 Å². The lowest BCUT2D eigenvalue weighted by Crippen LogP contribution is -2.43. The molecule has 0 amide bonds. The first kappa shape index (κ1) is 26.9. The number of hydrogen-bond donors (Lipinski definition) is 3. The van der Waals surface area contributed by atoms with E-state index in [-0.39, 0.29) is 41.2 Å². The van der Waals surface area contributed by atoms with Gasteiger partial charge in [0.2, 0.25) is 10.0 Å². The van der Waals surface area contributed by atoms with Crippen LogP contribution in [0, 0.1) is 5.41 Å². The highest BCUT2D eigenvalue weighted by molar-refractivity contribution is 14.0. The van der Waals surface area contributed by atoms with Gasteiger partial charge in [-0.3, -0.25) is 4.99 Å². The number of guanidine groups is 1. The molecule has 3 N–H and O–H groups in total. The first-order valence-electron chi connectivity index (χ1n) is 10.6. The molecule has 2 fully saturated rings. The summed E-state index contributed by atoms with van der Waals surface area (Å²) in [5.74, 6) is 0.691. The normalized spacial score (nSPS) is 21.7. The molecule has 0 aromatic heterocycles. The predicted octanol–water partition coefficient (Wildman–Crippen LogP) is 1.85. The van der Waals surface area contributed by atoms with Crippen molar-refractivity contribution in [2.45, 2.75) is 58.0 Å². The van der Waals surface area contributed by atoms with E-state index < -0.39 is 10.0 Å². The fourth-order valence-electron chi connectivity index (χ4n) is 3.64. The third-order valence-corrected chi connectivity index (χ3v) is 6.98. The Hall–Kier alpha value is -0.170. The Bertz CT molecular complexity index is 579. The molecule has 2 aliphatic rings. The SMILES string of the molecule is CCNC(=NCC1(CCOC)CCC1)NCCS(=O)(=O)NCC1CCCCO1.I. The second-order valence-corrected chi connectivity index (χ2v) is 9.80. The number of nitrogens with zero attached hydrogens (tertiary/aromatic N) is 1. The highest BCUT2D eigenvalue weighted by Gasteiger charge is 2.36. The lowest BCUT2D eigenvalue weighted by molar-refractivity contribution is 0.0200. The minimum atomic E-state index is -3.33. The Morgan fingerprint density at radius 2 is 2.03 bits per heavy atom. The van der Waals surface area contributed by atoms with E-state index in [0.717, 1.165) is 52.0 Å². The average Bonchev–Trinajstić information content (AvgIpc) is 2.66. The van der Waals surface area contributed by atoms with E-state index in [9.17, 15) is 8.42 Å². The van der Waals surface area contributed by atoms with Crippen LogP contribution in [0.25, 0.3) is 0 Å². The van der Waals surface area contributed by atoms with Crippen LogP contribution in [0.15, 0.2) is 4.99 Å². The first-order chi connectivity index (χ1) is 13.5. The topological polar surface area (TPSA) is 101 Å². The Balaban J connectivity index is 0.00000420. The molecule has 29 heavy (non-hydrogen) atoms. The van der Waals surface area contributed by atoms with Gasteiger partial charge in [-0.25, -0.2) is 13.1 Å². The maximum atomic E-state index is 12.2. The standard InChI is InChI=1S/C19H38N4O4S.HI/c1-3-20-18(22-16-19(8-6-9-19)10-13-26-2)21-11-14-28(24,25)23-15-17-7-4-5-12-27-17;/h17,23H,3-16H2,1-2H3,(H2,20,21,22);1H. The molecule has 1 saturated heterocycles. The van der Waals surface area contributed by atoms with E-state index in [2.05, 4.69) is 15.4 Å². The molecule has 0 spiro atoms. The summed E-state index contributed by atoms with van der Waals surface area (Å²) in [5.41, 5.74) is 0.242. The molecule has 0 aromatic rings. The lowest BCUT2D eigenvalue weighted by atomic mass is 9.67. The third-order valence-electron chi connectivity index (χ3n) is 5.64. The zero-order valence-electron chi connectivity index (χ0n) is 17.9. The van der Waals surface area contributed by atoms with E-state index in [1.165, 1.54) is 19.3 Å². The molecule has 0 bridgehead atoms. The number of methoxy groups -OCH3 is 1. The van der Waals surface area contributed by atoms with Gasteiger partial charge in [0.1, 0.15) is 0 Å². The number of aliphatic imine (C=N–C) groups is 1. The van der Waals surface area contributed by atoms with Crippen LogP contribution in [0.5, 0.6) is 0 Å². The van der Waals surface area contributed by atoms with Crippen molar-refractivity contribution in [3.63, 3.8) is 0 Å². The van der Waals surface area contributed by atoms with Gasteiger partial charge in [0, 0.05) is 46.5 Å². The second-order valence-electron chi connectivity index (χ2n) is 7.87. The summed E-state index contributed by atoms with van der Waals surface area (Å²) in [7, 11) is -1.60. The van der Waals surface area contributed by atoms with Gasteiger partial charge in [0.05, 0.1) is 11.9 Å². The number of ether oxygens (including phenoxy) is 2. The fraction of sp³-hybridized carbons (Fsp3) is 0.947. The molecule has 0 radical (unpaired) electrons. The summed E-state index contributed by atoms with van der Waals surface area (Å²) in [6.45, 7) is 5.65. The predicted molar refractivity (Wildman–Crippen MR) is 128 cm³/mol. The Kier molecular flexibility index (Phi) is 13.0. The first-order valence-corrected chi connectivity index (χ1v) is 12.2. The van der Waals surface area contributed by atoms with Crippen LogP contribution in [-0.4, -0.2) is 72.7 Å². The zero-order valence-corrected chi connectivity index (χ0v) is 21.0. The van der Waals surface area contributed by atoms with Crippen LogP contribution in [0.4, 0.5) is 0 Å². The van der Waals surface area contributed by atoms with Crippen LogP contribution >= 0.6 is 24.0 Å². The lowest BCUT2D eigenvalue weighted by Gasteiger charge is -2.40. The van der Waals surface area contributed by atoms with Gasteiger partial charge >= 0.3 is 0 Å². The summed E-state index contributed by atoms with van der Waals surface area (Å²) in [6.07, 6.45) is 7.71. The number of halogens is 1. The monoisotopic (exact) mass is 546 g/mol. The largest absolute Gasteiger partial charge is 0.385 e. The number of hydrogen-bond acceptors (Lipinski definition) is 5. The van der Waals surface area contributed by atoms with E-state index in [1.54, 1.807) is 7.11 Å². The molecule has 10 heteroatoms. The van der Waals surface area contributed by atoms with Gasteiger partial charge in [0.25, 0.3) is 0 Å². The van der Waals surface area contributed by atoms with Crippen molar-refractivity contribution in [3.8, 4) is 0 Å². The van der Waals surface area contributed by atoms with Gasteiger partial charge < -0.3 is 20.1 Å². The molecule has 1 heterocycles. The Labute approximate surface area is 193 Å². The molecule has 1 aliphatic carbocycles. The van der Waals surface area contributed by atoms with E-state index in [4.69, 9.17) is 14.5 Å². The van der Waals surface area contributed by atoms with Gasteiger partial charge in [-0.05, 0) is 50.9 Å². The molecule has 1 aliphatic heterocycles. The van der Waals surface area contributed by atoms with E-state index in [1.807, 2.05) is 6.92 Å². The minimum Gasteiger partial charge on any atom is -0.385 e. The van der Waals surface area contributed by atoms with Crippen molar-refractivity contribution >= 4 is 40.0 Å². The molecular formula is C19H39IN4O4S. The number of rotatable bonds is 12. The second kappa shape index (κ2) is 14.0. The summed E-state index contributed by atoms with van der Waals surface area (Å²) in [5, 5.41) is 6.35. The van der Waals surface area contributed by atoms with Crippen LogP contribution < -0.4 is 15.4 Å². The van der Waals surface area contributed by atoms with Crippen LogP contribution in [0.2, 0.25) is 0 Å². The summed E-state index contributed by atoms with van der Waals surface area (Å²) in [4.78, 5) is 4.70. The summed E-state index contributed by atoms with van der Waals surface area (Å²) < 4.78 is 37.9. The van der Waals surface area contributed by atoms with Gasteiger partial charge in [-0.1, -0.05) is 6.42 Å². The molecule has 172 valence electrons. The van der Waals surface area contributed by atoms with Crippen molar-refractivity contribution in [1.82, 2.24) is 15.4 Å². The maximum absolute atomic E-state index is 12.2. The molecule has 1 unspecified atom stereocenters. The Morgan fingerprint density at radius 1 is 1.24 bits per heavy atom. The molecule has 8 nitrogen and oxygen atoms in total. The van der Waals surface area contributed by atoms with Crippen molar-refractivity contribution in [2.75, 3.05) is 52.3 Å². The minimum absolute atomic E-state index is 0. The number of sulfonamides is 1. The highest BCUT2D eigenvalue weighted by Crippen LogP contribution is 2.44. The maximum Gasteiger partial charge on any atom is 0.213 e. The molecule has 0 aromatic carbocycles. The average molecular weight is 547 g/mol. The van der Waals surface area contributed by atoms with E-state index >= 15 is 0 Å². The van der Waals surface area contributed by atoms with Crippen LogP contribution in [-0.2, 0) is 19.5 Å². The molecule has 2 rings (SSSR count). The van der Waals surface area contributed by atoms with Crippen molar-refractivity contribution in [1.29, 1.82) is 0 Å². The van der Waals surface area contributed by atoms with Crippen molar-refractivity contribution < 1.29 is 17.9 Å². The third kappa shape index (κ3) is 10.1. The molecule has 1 atom stereocenters. The molecular weight excluding hydrogens is 507 g/mol. The van der Waals surface area contributed by atoms with Crippen molar-refractivity contribution in [2.24, 2.45) is 10.4 Å². The zero-order chi connectivity index (χ0) is 20.3. The molecule has 1 saturated carbocycles. The quantitative estimate of drug-likeness (QED) is 0.196.